The minimum atomic E-state index is -0.367. The number of halogens is 1. The summed E-state index contributed by atoms with van der Waals surface area (Å²) in [7, 11) is 1.56. The Labute approximate surface area is 146 Å². The van der Waals surface area contributed by atoms with Gasteiger partial charge in [0.15, 0.2) is 11.6 Å². The zero-order chi connectivity index (χ0) is 18.0. The van der Waals surface area contributed by atoms with Crippen molar-refractivity contribution in [2.75, 3.05) is 30.4 Å². The van der Waals surface area contributed by atoms with Crippen LogP contribution in [0.3, 0.4) is 0 Å². The van der Waals surface area contributed by atoms with Crippen molar-refractivity contribution in [3.05, 3.63) is 30.1 Å². The summed E-state index contributed by atoms with van der Waals surface area (Å²) in [5.41, 5.74) is 0.0677. The first-order valence-corrected chi connectivity index (χ1v) is 8.28. The third-order valence-corrected chi connectivity index (χ3v) is 4.14. The number of methoxy groups -OCH3 is 1. The van der Waals surface area contributed by atoms with Gasteiger partial charge in [0.2, 0.25) is 11.8 Å². The van der Waals surface area contributed by atoms with Crippen molar-refractivity contribution in [1.29, 1.82) is 0 Å². The molecule has 0 spiro atoms. The van der Waals surface area contributed by atoms with Gasteiger partial charge in [-0.1, -0.05) is 20.8 Å². The molecule has 0 radical (unpaired) electrons. The van der Waals surface area contributed by atoms with E-state index in [1.807, 2.05) is 25.7 Å². The van der Waals surface area contributed by atoms with Gasteiger partial charge in [-0.2, -0.15) is 4.98 Å². The highest BCUT2D eigenvalue weighted by atomic mass is 19.1. The van der Waals surface area contributed by atoms with Crippen LogP contribution in [0, 0.1) is 5.82 Å². The van der Waals surface area contributed by atoms with Crippen LogP contribution in [0.4, 0.5) is 16.2 Å². The maximum atomic E-state index is 14.8. The molecule has 1 aliphatic heterocycles. The van der Waals surface area contributed by atoms with Crippen LogP contribution in [-0.2, 0) is 5.41 Å². The lowest BCUT2D eigenvalue weighted by Crippen LogP contribution is -2.29. The molecule has 1 saturated heterocycles. The Hall–Kier alpha value is -2.51. The second-order valence-corrected chi connectivity index (χ2v) is 7.11. The molecule has 1 unspecified atom stereocenters. The lowest BCUT2D eigenvalue weighted by atomic mass is 9.91. The molecule has 0 aliphatic carbocycles. The monoisotopic (exact) mass is 346 g/mol. The third kappa shape index (κ3) is 3.78. The predicted molar refractivity (Wildman–Crippen MR) is 93.5 cm³/mol. The SMILES string of the molecule is COc1ccnc(NC2CCN(c3ncnc(C(C)(C)C)c3F)C2)n1. The Morgan fingerprint density at radius 3 is 2.80 bits per heavy atom. The average molecular weight is 346 g/mol. The summed E-state index contributed by atoms with van der Waals surface area (Å²) in [6.07, 6.45) is 3.92. The summed E-state index contributed by atoms with van der Waals surface area (Å²) < 4.78 is 19.9. The van der Waals surface area contributed by atoms with Crippen molar-refractivity contribution in [3.8, 4) is 5.88 Å². The molecule has 0 aromatic carbocycles. The highest BCUT2D eigenvalue weighted by molar-refractivity contribution is 5.45. The predicted octanol–water partition coefficient (Wildman–Crippen LogP) is 2.40. The molecule has 1 aliphatic rings. The molecule has 3 heterocycles. The van der Waals surface area contributed by atoms with Crippen molar-refractivity contribution < 1.29 is 9.13 Å². The quantitative estimate of drug-likeness (QED) is 0.911. The normalized spacial score (nSPS) is 17.6. The van der Waals surface area contributed by atoms with Gasteiger partial charge in [-0.15, -0.1) is 0 Å². The molecule has 2 aromatic rings. The van der Waals surface area contributed by atoms with Gasteiger partial charge in [0.1, 0.15) is 6.33 Å². The number of ether oxygens (including phenoxy) is 1. The highest BCUT2D eigenvalue weighted by Gasteiger charge is 2.30. The van der Waals surface area contributed by atoms with Crippen LogP contribution < -0.4 is 15.0 Å². The largest absolute Gasteiger partial charge is 0.481 e. The van der Waals surface area contributed by atoms with Crippen molar-refractivity contribution in [2.45, 2.75) is 38.6 Å². The highest BCUT2D eigenvalue weighted by Crippen LogP contribution is 2.29. The first-order chi connectivity index (χ1) is 11.9. The molecule has 25 heavy (non-hydrogen) atoms. The second-order valence-electron chi connectivity index (χ2n) is 7.11. The minimum Gasteiger partial charge on any atom is -0.481 e. The molecule has 8 heteroatoms. The smallest absolute Gasteiger partial charge is 0.226 e. The van der Waals surface area contributed by atoms with Crippen LogP contribution in [0.1, 0.15) is 32.9 Å². The van der Waals surface area contributed by atoms with E-state index in [0.29, 0.717) is 36.4 Å². The Morgan fingerprint density at radius 2 is 2.08 bits per heavy atom. The molecule has 1 N–H and O–H groups in total. The number of nitrogens with one attached hydrogen (secondary N) is 1. The van der Waals surface area contributed by atoms with E-state index in [1.54, 1.807) is 19.4 Å². The number of hydrogen-bond acceptors (Lipinski definition) is 7. The molecule has 0 amide bonds. The van der Waals surface area contributed by atoms with Crippen molar-refractivity contribution >= 4 is 11.8 Å². The molecule has 2 aromatic heterocycles. The van der Waals surface area contributed by atoms with Crippen LogP contribution in [0.25, 0.3) is 0 Å². The van der Waals surface area contributed by atoms with E-state index in [0.717, 1.165) is 6.42 Å². The fraction of sp³-hybridized carbons (Fsp3) is 0.529. The summed E-state index contributed by atoms with van der Waals surface area (Å²) in [5.74, 6) is 1.03. The van der Waals surface area contributed by atoms with Crippen LogP contribution in [0.15, 0.2) is 18.6 Å². The second kappa shape index (κ2) is 6.78. The maximum Gasteiger partial charge on any atom is 0.226 e. The van der Waals surface area contributed by atoms with E-state index in [4.69, 9.17) is 4.74 Å². The molecule has 0 saturated carbocycles. The summed E-state index contributed by atoms with van der Waals surface area (Å²) >= 11 is 0. The van der Waals surface area contributed by atoms with Gasteiger partial charge >= 0.3 is 0 Å². The Bertz CT molecular complexity index is 748. The molecular formula is C17H23FN6O. The third-order valence-electron chi connectivity index (χ3n) is 4.14. The van der Waals surface area contributed by atoms with E-state index in [9.17, 15) is 4.39 Å². The number of nitrogens with zero attached hydrogens (tertiary/aromatic N) is 5. The average Bonchev–Trinajstić information content (AvgIpc) is 3.02. The van der Waals surface area contributed by atoms with Crippen LogP contribution in [0.5, 0.6) is 5.88 Å². The topological polar surface area (TPSA) is 76.1 Å². The van der Waals surface area contributed by atoms with Gasteiger partial charge in [0, 0.05) is 36.8 Å². The molecule has 1 fully saturated rings. The standard InChI is InChI=1S/C17H23FN6O/c1-17(2,3)14-13(18)15(21-10-20-14)24-8-6-11(9-24)22-16-19-7-5-12(23-16)25-4/h5,7,10-11H,6,8-9H2,1-4H3,(H,19,22,23). The Kier molecular flexibility index (Phi) is 4.69. The summed E-state index contributed by atoms with van der Waals surface area (Å²) in [5, 5.41) is 3.27. The van der Waals surface area contributed by atoms with E-state index in [2.05, 4.69) is 25.3 Å². The minimum absolute atomic E-state index is 0.111. The van der Waals surface area contributed by atoms with Crippen LogP contribution in [0.2, 0.25) is 0 Å². The van der Waals surface area contributed by atoms with Crippen molar-refractivity contribution in [2.24, 2.45) is 0 Å². The lowest BCUT2D eigenvalue weighted by molar-refractivity contribution is 0.397. The van der Waals surface area contributed by atoms with Gasteiger partial charge in [0.25, 0.3) is 0 Å². The zero-order valence-corrected chi connectivity index (χ0v) is 15.0. The summed E-state index contributed by atoms with van der Waals surface area (Å²) in [4.78, 5) is 18.7. The lowest BCUT2D eigenvalue weighted by Gasteiger charge is -2.23. The number of hydrogen-bond donors (Lipinski definition) is 1. The van der Waals surface area contributed by atoms with E-state index in [1.165, 1.54) is 6.33 Å². The fourth-order valence-corrected chi connectivity index (χ4v) is 2.88. The van der Waals surface area contributed by atoms with Crippen LogP contribution >= 0.6 is 0 Å². The fourth-order valence-electron chi connectivity index (χ4n) is 2.88. The number of anilines is 2. The molecule has 1 atom stereocenters. The maximum absolute atomic E-state index is 14.8. The first-order valence-electron chi connectivity index (χ1n) is 8.28. The molecule has 3 rings (SSSR count). The van der Waals surface area contributed by atoms with E-state index in [-0.39, 0.29) is 17.3 Å². The van der Waals surface area contributed by atoms with Crippen molar-refractivity contribution in [3.63, 3.8) is 0 Å². The van der Waals surface area contributed by atoms with Gasteiger partial charge in [0.05, 0.1) is 12.8 Å². The first kappa shape index (κ1) is 17.3. The van der Waals surface area contributed by atoms with Gasteiger partial charge in [-0.25, -0.2) is 19.3 Å². The zero-order valence-electron chi connectivity index (χ0n) is 15.0. The van der Waals surface area contributed by atoms with Gasteiger partial charge in [-0.05, 0) is 6.42 Å². The summed E-state index contributed by atoms with van der Waals surface area (Å²) in [6.45, 7) is 7.15. The Morgan fingerprint density at radius 1 is 1.28 bits per heavy atom. The molecule has 134 valence electrons. The Balaban J connectivity index is 1.73. The molecule has 7 nitrogen and oxygen atoms in total. The molecular weight excluding hydrogens is 323 g/mol. The van der Waals surface area contributed by atoms with Gasteiger partial charge in [-0.3, -0.25) is 0 Å². The van der Waals surface area contributed by atoms with E-state index >= 15 is 0 Å². The van der Waals surface area contributed by atoms with Gasteiger partial charge < -0.3 is 15.0 Å². The van der Waals surface area contributed by atoms with E-state index < -0.39 is 0 Å². The number of rotatable bonds is 4. The van der Waals surface area contributed by atoms with Crippen LogP contribution in [-0.4, -0.2) is 46.2 Å². The molecule has 0 bridgehead atoms. The number of aromatic nitrogens is 4. The van der Waals surface area contributed by atoms with Crippen molar-refractivity contribution in [1.82, 2.24) is 19.9 Å². The summed E-state index contributed by atoms with van der Waals surface area (Å²) in [6, 6.07) is 1.80.